The van der Waals surface area contributed by atoms with Gasteiger partial charge in [-0.25, -0.2) is 16.8 Å². The van der Waals surface area contributed by atoms with Crippen LogP contribution < -0.4 is 0 Å². The van der Waals surface area contributed by atoms with Crippen LogP contribution in [-0.4, -0.2) is 45.1 Å². The van der Waals surface area contributed by atoms with Gasteiger partial charge in [-0.3, -0.25) is 4.31 Å². The lowest BCUT2D eigenvalue weighted by Crippen LogP contribution is -2.39. The molecule has 2 aromatic rings. The average Bonchev–Trinajstić information content (AvgIpc) is 2.68. The summed E-state index contributed by atoms with van der Waals surface area (Å²) in [5.41, 5.74) is 2.32. The van der Waals surface area contributed by atoms with Crippen LogP contribution in [0.4, 0.5) is 0 Å². The molecule has 0 atom stereocenters. The Morgan fingerprint density at radius 3 is 1.80 bits per heavy atom. The average molecular weight is 447 g/mol. The maximum atomic E-state index is 13.2. The number of aryl methyl sites for hydroxylation is 2. The van der Waals surface area contributed by atoms with Gasteiger partial charge in [-0.1, -0.05) is 42.0 Å². The van der Waals surface area contributed by atoms with E-state index in [-0.39, 0.29) is 29.4 Å². The highest BCUT2D eigenvalue weighted by Gasteiger charge is 2.29. The van der Waals surface area contributed by atoms with Crippen molar-refractivity contribution in [2.24, 2.45) is 0 Å². The number of hydrogen-bond acceptors (Lipinski definition) is 4. The zero-order valence-electron chi connectivity index (χ0n) is 17.2. The van der Waals surface area contributed by atoms with Gasteiger partial charge in [0.25, 0.3) is 10.0 Å². The second-order valence-corrected chi connectivity index (χ2v) is 11.1. The number of allylic oxidation sites excluding steroid dienone is 1. The Balaban J connectivity index is 1.91. The number of benzene rings is 2. The summed E-state index contributed by atoms with van der Waals surface area (Å²) in [5.74, 6) is 0. The van der Waals surface area contributed by atoms with Gasteiger partial charge >= 0.3 is 0 Å². The molecule has 0 bridgehead atoms. The Labute approximate surface area is 179 Å². The van der Waals surface area contributed by atoms with Crippen molar-refractivity contribution in [1.82, 2.24) is 8.61 Å². The Morgan fingerprint density at radius 1 is 0.800 bits per heavy atom. The molecule has 2 aromatic carbocycles. The first kappa shape index (κ1) is 22.3. The van der Waals surface area contributed by atoms with E-state index in [4.69, 9.17) is 0 Å². The molecule has 0 N–H and O–H groups in total. The van der Waals surface area contributed by atoms with Gasteiger partial charge in [-0.2, -0.15) is 4.31 Å². The summed E-state index contributed by atoms with van der Waals surface area (Å²) in [5, 5.41) is 0. The zero-order chi connectivity index (χ0) is 21.9. The lowest BCUT2D eigenvalue weighted by atomic mass is 10.2. The third kappa shape index (κ3) is 4.50. The molecule has 6 nitrogen and oxygen atoms in total. The van der Waals surface area contributed by atoms with Crippen molar-refractivity contribution in [2.45, 2.75) is 30.1 Å². The van der Waals surface area contributed by atoms with Gasteiger partial charge in [0.2, 0.25) is 10.0 Å². The highest BCUT2D eigenvalue weighted by Crippen LogP contribution is 2.25. The van der Waals surface area contributed by atoms with Crippen LogP contribution in [-0.2, 0) is 20.0 Å². The molecule has 1 aliphatic heterocycles. The van der Waals surface area contributed by atoms with Crippen molar-refractivity contribution in [3.8, 4) is 0 Å². The SMILES string of the molecule is C=C/C1=C/CN(S(=O)(=O)c2ccc(C)cc2)CCCN1S(=O)(=O)c1ccc(C)cc1. The molecule has 8 heteroatoms. The molecule has 1 heterocycles. The largest absolute Gasteiger partial charge is 0.267 e. The first-order valence-corrected chi connectivity index (χ1v) is 12.5. The summed E-state index contributed by atoms with van der Waals surface area (Å²) >= 11 is 0. The fourth-order valence-corrected chi connectivity index (χ4v) is 6.22. The first-order chi connectivity index (χ1) is 14.2. The monoisotopic (exact) mass is 446 g/mol. The van der Waals surface area contributed by atoms with Crippen LogP contribution in [0.1, 0.15) is 17.5 Å². The summed E-state index contributed by atoms with van der Waals surface area (Å²) in [7, 11) is -7.44. The van der Waals surface area contributed by atoms with Crippen molar-refractivity contribution >= 4 is 20.0 Å². The molecule has 160 valence electrons. The molecule has 1 aliphatic rings. The predicted octanol–water partition coefficient (Wildman–Crippen LogP) is 3.46. The van der Waals surface area contributed by atoms with Crippen LogP contribution in [0.3, 0.4) is 0 Å². The first-order valence-electron chi connectivity index (χ1n) is 9.65. The fraction of sp³-hybridized carbons (Fsp3) is 0.273. The van der Waals surface area contributed by atoms with Crippen molar-refractivity contribution in [1.29, 1.82) is 0 Å². The van der Waals surface area contributed by atoms with Crippen molar-refractivity contribution in [2.75, 3.05) is 19.6 Å². The third-order valence-electron chi connectivity index (χ3n) is 5.04. The minimum atomic E-state index is -3.76. The maximum absolute atomic E-state index is 13.2. The number of hydrogen-bond donors (Lipinski definition) is 0. The molecule has 0 aliphatic carbocycles. The van der Waals surface area contributed by atoms with Crippen LogP contribution in [0.25, 0.3) is 0 Å². The summed E-state index contributed by atoms with van der Waals surface area (Å²) in [6.45, 7) is 7.98. The van der Waals surface area contributed by atoms with Gasteiger partial charge in [0.15, 0.2) is 0 Å². The van der Waals surface area contributed by atoms with Crippen molar-refractivity contribution < 1.29 is 16.8 Å². The molecular weight excluding hydrogens is 420 g/mol. The number of rotatable bonds is 5. The molecule has 0 aromatic heterocycles. The van der Waals surface area contributed by atoms with Gasteiger partial charge in [-0.15, -0.1) is 0 Å². The van der Waals surface area contributed by atoms with Crippen LogP contribution in [0, 0.1) is 13.8 Å². The Morgan fingerprint density at radius 2 is 1.30 bits per heavy atom. The van der Waals surface area contributed by atoms with E-state index in [1.54, 1.807) is 54.6 Å². The fourth-order valence-electron chi connectivity index (χ4n) is 3.27. The van der Waals surface area contributed by atoms with E-state index in [1.165, 1.54) is 14.7 Å². The molecule has 0 spiro atoms. The zero-order valence-corrected chi connectivity index (χ0v) is 18.8. The molecule has 30 heavy (non-hydrogen) atoms. The van der Waals surface area contributed by atoms with E-state index in [0.29, 0.717) is 12.1 Å². The maximum Gasteiger partial charge on any atom is 0.264 e. The normalized spacial score (nSPS) is 18.2. The Kier molecular flexibility index (Phi) is 6.50. The molecule has 0 radical (unpaired) electrons. The minimum Gasteiger partial charge on any atom is -0.267 e. The van der Waals surface area contributed by atoms with Gasteiger partial charge in [0, 0.05) is 25.3 Å². The van der Waals surface area contributed by atoms with E-state index < -0.39 is 20.0 Å². The van der Waals surface area contributed by atoms with Gasteiger partial charge in [-0.05, 0) is 56.7 Å². The van der Waals surface area contributed by atoms with Crippen molar-refractivity contribution in [3.63, 3.8) is 0 Å². The lowest BCUT2D eigenvalue weighted by molar-refractivity contribution is 0.389. The molecule has 0 unspecified atom stereocenters. The van der Waals surface area contributed by atoms with Gasteiger partial charge in [0.05, 0.1) is 9.79 Å². The Hall–Kier alpha value is -2.42. The third-order valence-corrected chi connectivity index (χ3v) is 8.76. The smallest absolute Gasteiger partial charge is 0.264 e. The second-order valence-electron chi connectivity index (χ2n) is 7.25. The van der Waals surface area contributed by atoms with E-state index in [1.807, 2.05) is 13.8 Å². The molecule has 0 fully saturated rings. The summed E-state index contributed by atoms with van der Waals surface area (Å²) in [6, 6.07) is 13.4. The number of nitrogens with zero attached hydrogens (tertiary/aromatic N) is 2. The van der Waals surface area contributed by atoms with Gasteiger partial charge < -0.3 is 0 Å². The van der Waals surface area contributed by atoms with Crippen LogP contribution in [0.15, 0.2) is 82.7 Å². The quantitative estimate of drug-likeness (QED) is 0.705. The molecule has 3 rings (SSSR count). The summed E-state index contributed by atoms with van der Waals surface area (Å²) in [6.07, 6.45) is 3.42. The van der Waals surface area contributed by atoms with Crippen LogP contribution >= 0.6 is 0 Å². The second kappa shape index (κ2) is 8.75. The molecule has 0 saturated heterocycles. The predicted molar refractivity (Wildman–Crippen MR) is 118 cm³/mol. The Bertz CT molecular complexity index is 1150. The van der Waals surface area contributed by atoms with E-state index >= 15 is 0 Å². The van der Waals surface area contributed by atoms with E-state index in [0.717, 1.165) is 11.1 Å². The summed E-state index contributed by atoms with van der Waals surface area (Å²) in [4.78, 5) is 0.428. The van der Waals surface area contributed by atoms with E-state index in [2.05, 4.69) is 6.58 Å². The molecule has 0 saturated carbocycles. The minimum absolute atomic E-state index is 0.0669. The highest BCUT2D eigenvalue weighted by molar-refractivity contribution is 7.89. The van der Waals surface area contributed by atoms with Crippen LogP contribution in [0.5, 0.6) is 0 Å². The summed E-state index contributed by atoms with van der Waals surface area (Å²) < 4.78 is 55.1. The molecule has 0 amide bonds. The number of sulfonamides is 2. The van der Waals surface area contributed by atoms with Crippen molar-refractivity contribution in [3.05, 3.63) is 84.1 Å². The van der Waals surface area contributed by atoms with Gasteiger partial charge in [0.1, 0.15) is 0 Å². The van der Waals surface area contributed by atoms with Crippen LogP contribution in [0.2, 0.25) is 0 Å². The lowest BCUT2D eigenvalue weighted by Gasteiger charge is -2.30. The highest BCUT2D eigenvalue weighted by atomic mass is 32.2. The topological polar surface area (TPSA) is 74.8 Å². The van der Waals surface area contributed by atoms with E-state index in [9.17, 15) is 16.8 Å². The molecular formula is C22H26N2O4S2. The standard InChI is InChI=1S/C22H26N2O4S2/c1-4-20-14-17-23(29(25,26)21-10-6-18(2)7-11-21)15-5-16-24(20)30(27,28)22-12-8-19(3)9-13-22/h4,6-14H,1,5,15-17H2,2-3H3/b20-14-.